The number of nitrogens with zero attached hydrogens (tertiary/aromatic N) is 3. The Morgan fingerprint density at radius 2 is 1.65 bits per heavy atom. The summed E-state index contributed by atoms with van der Waals surface area (Å²) in [7, 11) is 0. The Morgan fingerprint density at radius 3 is 2.31 bits per heavy atom. The van der Waals surface area contributed by atoms with Gasteiger partial charge in [-0.05, 0) is 58.0 Å². The summed E-state index contributed by atoms with van der Waals surface area (Å²) in [5.74, 6) is 0.273. The lowest BCUT2D eigenvalue weighted by Gasteiger charge is -2.40. The van der Waals surface area contributed by atoms with Crippen LogP contribution in [0.5, 0.6) is 0 Å². The molecule has 3 amide bonds. The van der Waals surface area contributed by atoms with Gasteiger partial charge in [-0.1, -0.05) is 6.92 Å². The van der Waals surface area contributed by atoms with Gasteiger partial charge in [0.25, 0.3) is 0 Å². The highest BCUT2D eigenvalue weighted by Crippen LogP contribution is 2.24. The molecule has 1 N–H and O–H groups in total. The number of nitrogens with one attached hydrogen (secondary N) is 1. The van der Waals surface area contributed by atoms with Crippen LogP contribution in [0.3, 0.4) is 0 Å². The molecule has 0 aromatic heterocycles. The monoisotopic (exact) mass is 386 g/mol. The van der Waals surface area contributed by atoms with Crippen molar-refractivity contribution < 1.29 is 9.59 Å². The predicted octanol–water partition coefficient (Wildman–Crippen LogP) is 2.33. The van der Waals surface area contributed by atoms with Crippen molar-refractivity contribution in [3.63, 3.8) is 0 Å². The molecule has 0 bridgehead atoms. The van der Waals surface area contributed by atoms with Gasteiger partial charge < -0.3 is 20.0 Å². The number of hydrogen-bond donors (Lipinski definition) is 1. The van der Waals surface area contributed by atoms with E-state index in [-0.39, 0.29) is 30.3 Å². The zero-order valence-electron chi connectivity index (χ0n) is 16.1. The Labute approximate surface area is 164 Å². The van der Waals surface area contributed by atoms with Crippen LogP contribution < -0.4 is 5.32 Å². The lowest BCUT2D eigenvalue weighted by molar-refractivity contribution is -0.140. The fraction of sp³-hybridized carbons (Fsp3) is 0.895. The molecule has 3 saturated heterocycles. The van der Waals surface area contributed by atoms with E-state index >= 15 is 0 Å². The fourth-order valence-corrected chi connectivity index (χ4v) is 4.53. The van der Waals surface area contributed by atoms with Crippen LogP contribution in [0.25, 0.3) is 0 Å². The van der Waals surface area contributed by atoms with E-state index in [1.807, 2.05) is 9.80 Å². The SMILES string of the molecule is CCCN(C(=O)C1CCCN(C(=O)N2CCCC2)C1)C1CCNCC1.Cl. The molecule has 3 rings (SSSR count). The minimum atomic E-state index is -0.0123. The molecule has 3 heterocycles. The third-order valence-electron chi connectivity index (χ3n) is 5.91. The maximum absolute atomic E-state index is 13.2. The summed E-state index contributed by atoms with van der Waals surface area (Å²) in [6.45, 7) is 8.17. The summed E-state index contributed by atoms with van der Waals surface area (Å²) < 4.78 is 0. The highest BCUT2D eigenvalue weighted by Gasteiger charge is 2.35. The van der Waals surface area contributed by atoms with E-state index < -0.39 is 0 Å². The van der Waals surface area contributed by atoms with Crippen molar-refractivity contribution in [2.45, 2.75) is 57.9 Å². The molecule has 0 aromatic rings. The third kappa shape index (κ3) is 5.03. The van der Waals surface area contributed by atoms with E-state index in [0.717, 1.165) is 84.2 Å². The van der Waals surface area contributed by atoms with Crippen LogP contribution in [0.15, 0.2) is 0 Å². The minimum absolute atomic E-state index is 0. The lowest BCUT2D eigenvalue weighted by atomic mass is 9.94. The van der Waals surface area contributed by atoms with Gasteiger partial charge in [-0.25, -0.2) is 4.79 Å². The summed E-state index contributed by atoms with van der Waals surface area (Å²) >= 11 is 0. The van der Waals surface area contributed by atoms with E-state index in [0.29, 0.717) is 12.6 Å². The van der Waals surface area contributed by atoms with Crippen molar-refractivity contribution in [1.82, 2.24) is 20.0 Å². The largest absolute Gasteiger partial charge is 0.339 e. The van der Waals surface area contributed by atoms with Gasteiger partial charge in [-0.3, -0.25) is 4.79 Å². The molecule has 1 unspecified atom stereocenters. The summed E-state index contributed by atoms with van der Waals surface area (Å²) in [5.41, 5.74) is 0. The van der Waals surface area contributed by atoms with Crippen molar-refractivity contribution in [1.29, 1.82) is 0 Å². The maximum Gasteiger partial charge on any atom is 0.320 e. The van der Waals surface area contributed by atoms with Crippen LogP contribution in [0.1, 0.15) is 51.9 Å². The number of likely N-dealkylation sites (tertiary alicyclic amines) is 2. The molecular weight excluding hydrogens is 352 g/mol. The highest BCUT2D eigenvalue weighted by atomic mass is 35.5. The van der Waals surface area contributed by atoms with Crippen LogP contribution in [0, 0.1) is 5.92 Å². The number of rotatable bonds is 4. The molecule has 6 nitrogen and oxygen atoms in total. The molecule has 0 aromatic carbocycles. The van der Waals surface area contributed by atoms with Gasteiger partial charge >= 0.3 is 6.03 Å². The Morgan fingerprint density at radius 1 is 1.00 bits per heavy atom. The van der Waals surface area contributed by atoms with E-state index in [1.165, 1.54) is 0 Å². The number of amides is 3. The molecule has 150 valence electrons. The fourth-order valence-electron chi connectivity index (χ4n) is 4.53. The number of hydrogen-bond acceptors (Lipinski definition) is 3. The lowest BCUT2D eigenvalue weighted by Crippen LogP contribution is -2.53. The summed E-state index contributed by atoms with van der Waals surface area (Å²) in [6.07, 6.45) is 7.20. The van der Waals surface area contributed by atoms with Gasteiger partial charge in [-0.15, -0.1) is 12.4 Å². The average molecular weight is 387 g/mol. The molecule has 0 aliphatic carbocycles. The standard InChI is InChI=1S/C19H34N4O2.ClH/c1-2-11-23(17-7-9-20-10-8-17)18(24)16-6-5-14-22(15-16)19(25)21-12-3-4-13-21;/h16-17,20H,2-15H2,1H3;1H. The number of piperidine rings is 2. The second kappa shape index (κ2) is 10.4. The Kier molecular flexibility index (Phi) is 8.48. The van der Waals surface area contributed by atoms with E-state index in [4.69, 9.17) is 0 Å². The normalized spacial score (nSPS) is 24.3. The van der Waals surface area contributed by atoms with Crippen LogP contribution >= 0.6 is 12.4 Å². The Hall–Kier alpha value is -1.01. The number of halogens is 1. The molecule has 3 aliphatic rings. The van der Waals surface area contributed by atoms with E-state index in [9.17, 15) is 9.59 Å². The first-order valence-corrected chi connectivity index (χ1v) is 10.3. The van der Waals surface area contributed by atoms with Crippen LogP contribution in [-0.2, 0) is 4.79 Å². The maximum atomic E-state index is 13.2. The number of carbonyl (C=O) groups excluding carboxylic acids is 2. The third-order valence-corrected chi connectivity index (χ3v) is 5.91. The molecule has 3 aliphatic heterocycles. The Bertz CT molecular complexity index is 464. The summed E-state index contributed by atoms with van der Waals surface area (Å²) in [5, 5.41) is 3.39. The van der Waals surface area contributed by atoms with Crippen molar-refractivity contribution in [2.75, 3.05) is 45.8 Å². The first-order chi connectivity index (χ1) is 12.2. The van der Waals surface area contributed by atoms with Crippen molar-refractivity contribution in [2.24, 2.45) is 5.92 Å². The summed E-state index contributed by atoms with van der Waals surface area (Å²) in [4.78, 5) is 31.9. The van der Waals surface area contributed by atoms with Gasteiger partial charge in [-0.2, -0.15) is 0 Å². The summed E-state index contributed by atoms with van der Waals surface area (Å²) in [6, 6.07) is 0.525. The quantitative estimate of drug-likeness (QED) is 0.806. The molecule has 26 heavy (non-hydrogen) atoms. The molecule has 7 heteroatoms. The molecule has 3 fully saturated rings. The van der Waals surface area contributed by atoms with Crippen molar-refractivity contribution >= 4 is 24.3 Å². The first kappa shape index (κ1) is 21.3. The number of urea groups is 1. The zero-order chi connectivity index (χ0) is 17.6. The van der Waals surface area contributed by atoms with Gasteiger partial charge in [0.05, 0.1) is 5.92 Å². The molecule has 0 saturated carbocycles. The van der Waals surface area contributed by atoms with Gasteiger partial charge in [0, 0.05) is 38.8 Å². The highest BCUT2D eigenvalue weighted by molar-refractivity contribution is 5.85. The second-order valence-corrected chi connectivity index (χ2v) is 7.77. The smallest absolute Gasteiger partial charge is 0.320 e. The van der Waals surface area contributed by atoms with Gasteiger partial charge in [0.2, 0.25) is 5.91 Å². The average Bonchev–Trinajstić information content (AvgIpc) is 3.20. The molecular formula is C19H35ClN4O2. The van der Waals surface area contributed by atoms with E-state index in [2.05, 4.69) is 17.1 Å². The van der Waals surface area contributed by atoms with Crippen LogP contribution in [0.2, 0.25) is 0 Å². The van der Waals surface area contributed by atoms with Gasteiger partial charge in [0.15, 0.2) is 0 Å². The molecule has 0 radical (unpaired) electrons. The van der Waals surface area contributed by atoms with Gasteiger partial charge in [0.1, 0.15) is 0 Å². The minimum Gasteiger partial charge on any atom is -0.339 e. The topological polar surface area (TPSA) is 55.9 Å². The molecule has 0 spiro atoms. The first-order valence-electron chi connectivity index (χ1n) is 10.3. The van der Waals surface area contributed by atoms with Crippen molar-refractivity contribution in [3.8, 4) is 0 Å². The van der Waals surface area contributed by atoms with Crippen molar-refractivity contribution in [3.05, 3.63) is 0 Å². The second-order valence-electron chi connectivity index (χ2n) is 7.77. The van der Waals surface area contributed by atoms with Crippen LogP contribution in [0.4, 0.5) is 4.79 Å². The predicted molar refractivity (Wildman–Crippen MR) is 106 cm³/mol. The van der Waals surface area contributed by atoms with Crippen LogP contribution in [-0.4, -0.2) is 78.5 Å². The molecule has 1 atom stereocenters. The number of carbonyl (C=O) groups is 2. The Balaban J connectivity index is 0.00000243. The zero-order valence-corrected chi connectivity index (χ0v) is 16.9. The van der Waals surface area contributed by atoms with E-state index in [1.54, 1.807) is 0 Å².